The Labute approximate surface area is 174 Å². The molecule has 3 rings (SSSR count). The first kappa shape index (κ1) is 22.2. The molecular formula is C21H33N3O4S. The van der Waals surface area contributed by atoms with E-state index in [0.29, 0.717) is 25.6 Å². The Morgan fingerprint density at radius 2 is 1.93 bits per heavy atom. The number of nitrogens with one attached hydrogen (secondary N) is 1. The molecule has 2 fully saturated rings. The summed E-state index contributed by atoms with van der Waals surface area (Å²) in [5.41, 5.74) is 1.11. The van der Waals surface area contributed by atoms with Gasteiger partial charge in [-0.05, 0) is 42.9 Å². The molecule has 0 aliphatic carbocycles. The van der Waals surface area contributed by atoms with Crippen LogP contribution < -0.4 is 5.32 Å². The van der Waals surface area contributed by atoms with Crippen molar-refractivity contribution in [2.24, 2.45) is 5.92 Å². The number of sulfonamides is 1. The van der Waals surface area contributed by atoms with Crippen molar-refractivity contribution < 1.29 is 17.9 Å². The topological polar surface area (TPSA) is 79.0 Å². The van der Waals surface area contributed by atoms with Gasteiger partial charge in [0.05, 0.1) is 17.5 Å². The molecule has 2 saturated heterocycles. The smallest absolute Gasteiger partial charge is 0.243 e. The van der Waals surface area contributed by atoms with E-state index in [9.17, 15) is 13.2 Å². The minimum atomic E-state index is -3.78. The standard InChI is InChI=1S/C21H33N3O4S/c1-17(2)14-18-5-7-20(8-6-18)29(26,27)24(15-19-4-3-13-28-19)16-21(25)23-11-9-22-10-12-23/h5-8,17,19,22H,3-4,9-16H2,1-2H3/t19-/m1/s1. The molecular weight excluding hydrogens is 390 g/mol. The Balaban J connectivity index is 1.77. The second-order valence-electron chi connectivity index (χ2n) is 8.31. The summed E-state index contributed by atoms with van der Waals surface area (Å²) in [7, 11) is -3.78. The average Bonchev–Trinajstić information content (AvgIpc) is 3.21. The van der Waals surface area contributed by atoms with E-state index in [1.54, 1.807) is 17.0 Å². The molecule has 2 heterocycles. The molecule has 0 bridgehead atoms. The van der Waals surface area contributed by atoms with Crippen LogP contribution in [0.5, 0.6) is 0 Å². The molecule has 2 aliphatic rings. The quantitative estimate of drug-likeness (QED) is 0.685. The van der Waals surface area contributed by atoms with Crippen LogP contribution in [0, 0.1) is 5.92 Å². The van der Waals surface area contributed by atoms with Crippen molar-refractivity contribution >= 4 is 15.9 Å². The van der Waals surface area contributed by atoms with E-state index >= 15 is 0 Å². The van der Waals surface area contributed by atoms with Gasteiger partial charge in [0.2, 0.25) is 15.9 Å². The molecule has 8 heteroatoms. The molecule has 0 spiro atoms. The fourth-order valence-corrected chi connectivity index (χ4v) is 5.27. The molecule has 1 aromatic carbocycles. The lowest BCUT2D eigenvalue weighted by atomic mass is 10.0. The summed E-state index contributed by atoms with van der Waals surface area (Å²) < 4.78 is 33.7. The minimum absolute atomic E-state index is 0.143. The summed E-state index contributed by atoms with van der Waals surface area (Å²) in [6.45, 7) is 7.68. The van der Waals surface area contributed by atoms with Gasteiger partial charge in [0.25, 0.3) is 0 Å². The molecule has 1 atom stereocenters. The van der Waals surface area contributed by atoms with Gasteiger partial charge in [-0.25, -0.2) is 8.42 Å². The van der Waals surface area contributed by atoms with Gasteiger partial charge in [-0.2, -0.15) is 4.31 Å². The highest BCUT2D eigenvalue weighted by Crippen LogP contribution is 2.21. The largest absolute Gasteiger partial charge is 0.377 e. The van der Waals surface area contributed by atoms with E-state index in [-0.39, 0.29) is 30.0 Å². The zero-order valence-electron chi connectivity index (χ0n) is 17.5. The van der Waals surface area contributed by atoms with Gasteiger partial charge in [0.1, 0.15) is 0 Å². The maximum Gasteiger partial charge on any atom is 0.243 e. The van der Waals surface area contributed by atoms with Crippen LogP contribution >= 0.6 is 0 Å². The second kappa shape index (κ2) is 10.0. The van der Waals surface area contributed by atoms with E-state index < -0.39 is 10.0 Å². The lowest BCUT2D eigenvalue weighted by Crippen LogP contribution is -2.51. The van der Waals surface area contributed by atoms with Gasteiger partial charge < -0.3 is 15.0 Å². The van der Waals surface area contributed by atoms with Crippen LogP contribution in [0.15, 0.2) is 29.2 Å². The fraction of sp³-hybridized carbons (Fsp3) is 0.667. The average molecular weight is 424 g/mol. The molecule has 7 nitrogen and oxygen atoms in total. The molecule has 162 valence electrons. The Morgan fingerprint density at radius 3 is 2.52 bits per heavy atom. The van der Waals surface area contributed by atoms with Crippen molar-refractivity contribution in [2.45, 2.75) is 44.1 Å². The maximum absolute atomic E-state index is 13.4. The third kappa shape index (κ3) is 6.01. The number of piperazine rings is 1. The fourth-order valence-electron chi connectivity index (χ4n) is 3.85. The first-order valence-corrected chi connectivity index (χ1v) is 12.0. The second-order valence-corrected chi connectivity index (χ2v) is 10.2. The van der Waals surface area contributed by atoms with Crippen molar-refractivity contribution in [3.05, 3.63) is 29.8 Å². The number of carbonyl (C=O) groups excluding carboxylic acids is 1. The normalized spacial score (nSPS) is 20.6. The monoisotopic (exact) mass is 423 g/mol. The molecule has 0 aromatic heterocycles. The number of rotatable bonds is 8. The first-order valence-electron chi connectivity index (χ1n) is 10.6. The van der Waals surface area contributed by atoms with E-state index in [2.05, 4.69) is 19.2 Å². The molecule has 1 N–H and O–H groups in total. The zero-order chi connectivity index (χ0) is 20.9. The van der Waals surface area contributed by atoms with E-state index in [1.165, 1.54) is 4.31 Å². The number of amides is 1. The van der Waals surface area contributed by atoms with Crippen LogP contribution in [0.25, 0.3) is 0 Å². The van der Waals surface area contributed by atoms with Crippen molar-refractivity contribution in [3.8, 4) is 0 Å². The van der Waals surface area contributed by atoms with Crippen molar-refractivity contribution in [1.29, 1.82) is 0 Å². The minimum Gasteiger partial charge on any atom is -0.377 e. The molecule has 1 aromatic rings. The molecule has 0 radical (unpaired) electrons. The summed E-state index contributed by atoms with van der Waals surface area (Å²) in [5.74, 6) is 0.356. The lowest BCUT2D eigenvalue weighted by Gasteiger charge is -2.31. The van der Waals surface area contributed by atoms with Crippen LogP contribution in [-0.2, 0) is 26.0 Å². The van der Waals surface area contributed by atoms with Crippen LogP contribution in [0.4, 0.5) is 0 Å². The summed E-state index contributed by atoms with van der Waals surface area (Å²) in [6, 6.07) is 7.06. The van der Waals surface area contributed by atoms with Crippen molar-refractivity contribution in [3.63, 3.8) is 0 Å². The maximum atomic E-state index is 13.4. The van der Waals surface area contributed by atoms with Gasteiger partial charge in [0, 0.05) is 39.3 Å². The van der Waals surface area contributed by atoms with Gasteiger partial charge in [-0.3, -0.25) is 4.79 Å². The van der Waals surface area contributed by atoms with Crippen LogP contribution in [0.2, 0.25) is 0 Å². The van der Waals surface area contributed by atoms with Crippen molar-refractivity contribution in [2.75, 3.05) is 45.9 Å². The molecule has 29 heavy (non-hydrogen) atoms. The summed E-state index contributed by atoms with van der Waals surface area (Å²) in [4.78, 5) is 14.8. The highest BCUT2D eigenvalue weighted by Gasteiger charge is 2.32. The number of ether oxygens (including phenoxy) is 1. The predicted molar refractivity (Wildman–Crippen MR) is 112 cm³/mol. The first-order chi connectivity index (χ1) is 13.9. The van der Waals surface area contributed by atoms with Gasteiger partial charge in [0.15, 0.2) is 0 Å². The molecule has 0 saturated carbocycles. The summed E-state index contributed by atoms with van der Waals surface area (Å²) in [5, 5.41) is 3.21. The Bertz CT molecular complexity index is 768. The Hall–Kier alpha value is -1.48. The molecule has 0 unspecified atom stereocenters. The van der Waals surface area contributed by atoms with Gasteiger partial charge in [-0.1, -0.05) is 26.0 Å². The third-order valence-corrected chi connectivity index (χ3v) is 7.24. The lowest BCUT2D eigenvalue weighted by molar-refractivity contribution is -0.132. The van der Waals surface area contributed by atoms with E-state index in [4.69, 9.17) is 4.74 Å². The SMILES string of the molecule is CC(C)Cc1ccc(S(=O)(=O)N(CC(=O)N2CCNCC2)C[C@H]2CCCO2)cc1. The van der Waals surface area contributed by atoms with Crippen LogP contribution in [0.3, 0.4) is 0 Å². The molecule has 1 amide bonds. The van der Waals surface area contributed by atoms with E-state index in [0.717, 1.165) is 37.9 Å². The summed E-state index contributed by atoms with van der Waals surface area (Å²) in [6.07, 6.45) is 2.50. The van der Waals surface area contributed by atoms with Gasteiger partial charge in [-0.15, -0.1) is 0 Å². The van der Waals surface area contributed by atoms with Crippen molar-refractivity contribution in [1.82, 2.24) is 14.5 Å². The third-order valence-electron chi connectivity index (χ3n) is 5.42. The highest BCUT2D eigenvalue weighted by atomic mass is 32.2. The Morgan fingerprint density at radius 1 is 1.24 bits per heavy atom. The number of hydrogen-bond donors (Lipinski definition) is 1. The zero-order valence-corrected chi connectivity index (χ0v) is 18.3. The molecule has 2 aliphatic heterocycles. The number of hydrogen-bond acceptors (Lipinski definition) is 5. The van der Waals surface area contributed by atoms with Gasteiger partial charge >= 0.3 is 0 Å². The Kier molecular flexibility index (Phi) is 7.67. The summed E-state index contributed by atoms with van der Waals surface area (Å²) >= 11 is 0. The number of nitrogens with zero attached hydrogens (tertiary/aromatic N) is 2. The van der Waals surface area contributed by atoms with Crippen LogP contribution in [-0.4, -0.2) is 75.5 Å². The predicted octanol–water partition coefficient (Wildman–Crippen LogP) is 1.49. The van der Waals surface area contributed by atoms with E-state index in [1.807, 2.05) is 12.1 Å². The number of carbonyl (C=O) groups is 1. The number of benzene rings is 1. The highest BCUT2D eigenvalue weighted by molar-refractivity contribution is 7.89. The van der Waals surface area contributed by atoms with Crippen LogP contribution in [0.1, 0.15) is 32.3 Å².